The van der Waals surface area contributed by atoms with E-state index in [4.69, 9.17) is 4.74 Å². The Bertz CT molecular complexity index is 504. The number of esters is 1. The largest absolute Gasteiger partial charge is 0.691 e. The van der Waals surface area contributed by atoms with Gasteiger partial charge in [-0.3, -0.25) is 9.83 Å². The second kappa shape index (κ2) is 9.37. The van der Waals surface area contributed by atoms with Crippen molar-refractivity contribution in [3.05, 3.63) is 0 Å². The van der Waals surface area contributed by atoms with E-state index < -0.39 is 47.1 Å². The molecular formula is C15H21F6O6S-. The Morgan fingerprint density at radius 3 is 2.04 bits per heavy atom. The minimum Gasteiger partial charge on any atom is -0.691 e. The van der Waals surface area contributed by atoms with Crippen molar-refractivity contribution in [1.82, 2.24) is 0 Å². The van der Waals surface area contributed by atoms with E-state index in [1.165, 1.54) is 13.8 Å². The average Bonchev–Trinajstić information content (AvgIpc) is 2.58. The van der Waals surface area contributed by atoms with Gasteiger partial charge < -0.3 is 15.1 Å². The Morgan fingerprint density at radius 2 is 1.61 bits per heavy atom. The zero-order valence-corrected chi connectivity index (χ0v) is 15.9. The molecule has 1 rings (SSSR count). The van der Waals surface area contributed by atoms with E-state index in [2.05, 4.69) is 9.37 Å². The van der Waals surface area contributed by atoms with Crippen molar-refractivity contribution in [3.8, 4) is 0 Å². The van der Waals surface area contributed by atoms with Crippen LogP contribution in [0.5, 0.6) is 0 Å². The Balaban J connectivity index is 3.13. The van der Waals surface area contributed by atoms with Crippen LogP contribution in [0, 0.1) is 5.92 Å². The third-order valence-corrected chi connectivity index (χ3v) is 5.34. The molecule has 0 amide bonds. The predicted octanol–water partition coefficient (Wildman–Crippen LogP) is 3.37. The van der Waals surface area contributed by atoms with E-state index in [1.54, 1.807) is 0 Å². The molecule has 1 fully saturated rings. The smallest absolute Gasteiger partial charge is 0.426 e. The van der Waals surface area contributed by atoms with Gasteiger partial charge in [-0.25, -0.2) is 0 Å². The predicted molar refractivity (Wildman–Crippen MR) is 82.0 cm³/mol. The van der Waals surface area contributed by atoms with Crippen LogP contribution in [0.1, 0.15) is 52.4 Å². The fourth-order valence-corrected chi connectivity index (χ4v) is 3.22. The number of rotatable bonds is 8. The summed E-state index contributed by atoms with van der Waals surface area (Å²) in [5, 5.41) is 22.5. The van der Waals surface area contributed by atoms with Gasteiger partial charge in [0.1, 0.15) is 10.9 Å². The van der Waals surface area contributed by atoms with Crippen LogP contribution in [0.4, 0.5) is 26.3 Å². The first-order chi connectivity index (χ1) is 12.7. The summed E-state index contributed by atoms with van der Waals surface area (Å²) in [7, 11) is 0. The van der Waals surface area contributed by atoms with Crippen LogP contribution in [0.2, 0.25) is 0 Å². The minimum atomic E-state index is -6.02. The molecule has 1 atom stereocenters. The third-order valence-electron chi connectivity index (χ3n) is 4.63. The van der Waals surface area contributed by atoms with E-state index in [-0.39, 0.29) is 24.9 Å². The van der Waals surface area contributed by atoms with E-state index in [0.29, 0.717) is 12.8 Å². The summed E-state index contributed by atoms with van der Waals surface area (Å²) in [6.45, 7) is 2.35. The summed E-state index contributed by atoms with van der Waals surface area (Å²) in [4.78, 5) is 12.3. The molecule has 1 saturated carbocycles. The van der Waals surface area contributed by atoms with Crippen LogP contribution in [-0.4, -0.2) is 39.9 Å². The van der Waals surface area contributed by atoms with Crippen molar-refractivity contribution in [3.63, 3.8) is 0 Å². The summed E-state index contributed by atoms with van der Waals surface area (Å²) in [6, 6.07) is 0. The van der Waals surface area contributed by atoms with Gasteiger partial charge in [-0.15, -0.1) is 0 Å². The molecule has 1 aliphatic rings. The molecule has 1 unspecified atom stereocenters. The summed E-state index contributed by atoms with van der Waals surface area (Å²) in [5.41, 5.74) is -5.03. The van der Waals surface area contributed by atoms with Crippen molar-refractivity contribution in [1.29, 1.82) is 0 Å². The first-order valence-electron chi connectivity index (χ1n) is 8.37. The number of hydrogen-bond acceptors (Lipinski definition) is 7. The lowest BCUT2D eigenvalue weighted by Gasteiger charge is -2.39. The van der Waals surface area contributed by atoms with Crippen LogP contribution < -0.4 is 5.26 Å². The minimum absolute atomic E-state index is 0.188. The lowest BCUT2D eigenvalue weighted by Crippen LogP contribution is -2.59. The second-order valence-electron chi connectivity index (χ2n) is 7.13. The second-order valence-corrected chi connectivity index (χ2v) is 8.45. The van der Waals surface area contributed by atoms with E-state index in [9.17, 15) is 41.5 Å². The highest BCUT2D eigenvalue weighted by molar-refractivity contribution is 7.96. The number of carbonyl (C=O) groups is 1. The van der Waals surface area contributed by atoms with Gasteiger partial charge in [-0.2, -0.15) is 30.7 Å². The van der Waals surface area contributed by atoms with Crippen LogP contribution in [0.3, 0.4) is 0 Å². The normalized spacial score (nSPS) is 18.8. The van der Waals surface area contributed by atoms with E-state index in [0.717, 1.165) is 6.42 Å². The molecule has 0 aromatic heterocycles. The molecule has 28 heavy (non-hydrogen) atoms. The molecule has 0 aliphatic heterocycles. The summed E-state index contributed by atoms with van der Waals surface area (Å²) < 4.78 is 85.8. The van der Waals surface area contributed by atoms with Gasteiger partial charge in [0.2, 0.25) is 0 Å². The van der Waals surface area contributed by atoms with Crippen molar-refractivity contribution in [2.24, 2.45) is 5.92 Å². The molecule has 0 heterocycles. The number of hydrogen-bond donors (Lipinski definition) is 1. The maximum absolute atomic E-state index is 13.1. The van der Waals surface area contributed by atoms with Gasteiger partial charge in [0.05, 0.1) is 0 Å². The van der Waals surface area contributed by atoms with Gasteiger partial charge in [-0.1, -0.05) is 19.3 Å². The Kier molecular flexibility index (Phi) is 8.46. The SMILES string of the molecule is CC(C)(SOO[O-])C(=O)OC(CC(O)(C(F)(F)F)C(F)(F)F)C1CCCCC1. The summed E-state index contributed by atoms with van der Waals surface area (Å²) in [5.74, 6) is -2.00. The third kappa shape index (κ3) is 6.12. The van der Waals surface area contributed by atoms with Gasteiger partial charge in [0.25, 0.3) is 5.60 Å². The fraction of sp³-hybridized carbons (Fsp3) is 0.933. The van der Waals surface area contributed by atoms with Crippen LogP contribution in [0.15, 0.2) is 0 Å². The average molecular weight is 443 g/mol. The summed E-state index contributed by atoms with van der Waals surface area (Å²) >= 11 is 0.188. The lowest BCUT2D eigenvalue weighted by molar-refractivity contribution is -0.777. The van der Waals surface area contributed by atoms with Crippen molar-refractivity contribution in [2.75, 3.05) is 0 Å². The highest BCUT2D eigenvalue weighted by atomic mass is 32.2. The van der Waals surface area contributed by atoms with Gasteiger partial charge in [0, 0.05) is 18.5 Å². The first kappa shape index (κ1) is 25.3. The summed E-state index contributed by atoms with van der Waals surface area (Å²) in [6.07, 6.45) is -13.4. The highest BCUT2D eigenvalue weighted by Crippen LogP contribution is 2.48. The molecule has 166 valence electrons. The number of ether oxygens (including phenoxy) is 1. The van der Waals surface area contributed by atoms with Gasteiger partial charge in [0.15, 0.2) is 0 Å². The number of aliphatic hydroxyl groups is 1. The van der Waals surface area contributed by atoms with Crippen LogP contribution in [0.25, 0.3) is 0 Å². The molecule has 1 N–H and O–H groups in total. The zero-order chi connectivity index (χ0) is 21.8. The Morgan fingerprint density at radius 1 is 1.11 bits per heavy atom. The fourth-order valence-electron chi connectivity index (χ4n) is 2.91. The van der Waals surface area contributed by atoms with Crippen molar-refractivity contribution in [2.45, 2.75) is 81.2 Å². The number of carbonyl (C=O) groups excluding carboxylic acids is 1. The molecule has 0 bridgehead atoms. The standard InChI is InChI=1S/C15H22F6O6S/c1-12(2,28-27-26-24)11(22)25-10(9-6-4-3-5-7-9)8-13(23,14(16,17)18)15(19,20)21/h9-10,23-24H,3-8H2,1-2H3/p-1. The Labute approximate surface area is 161 Å². The van der Waals surface area contributed by atoms with Gasteiger partial charge in [-0.05, 0) is 32.6 Å². The maximum atomic E-state index is 13.1. The molecule has 1 aliphatic carbocycles. The van der Waals surface area contributed by atoms with Crippen LogP contribution in [-0.2, 0) is 18.9 Å². The molecule has 0 aromatic carbocycles. The molecule has 0 radical (unpaired) electrons. The van der Waals surface area contributed by atoms with Crippen molar-refractivity contribution >= 4 is 18.0 Å². The molecule has 0 saturated heterocycles. The molecular weight excluding hydrogens is 422 g/mol. The Hall–Kier alpha value is -0.760. The molecule has 0 aromatic rings. The molecule has 0 spiro atoms. The number of alkyl halides is 6. The highest BCUT2D eigenvalue weighted by Gasteiger charge is 2.71. The lowest BCUT2D eigenvalue weighted by atomic mass is 9.80. The molecule has 6 nitrogen and oxygen atoms in total. The number of halogens is 6. The first-order valence-corrected chi connectivity index (χ1v) is 9.11. The monoisotopic (exact) mass is 443 g/mol. The van der Waals surface area contributed by atoms with Crippen LogP contribution >= 0.6 is 12.0 Å². The molecule has 13 heteroatoms. The van der Waals surface area contributed by atoms with E-state index >= 15 is 0 Å². The maximum Gasteiger partial charge on any atom is 0.426 e. The quantitative estimate of drug-likeness (QED) is 0.202. The van der Waals surface area contributed by atoms with Gasteiger partial charge >= 0.3 is 18.3 Å². The van der Waals surface area contributed by atoms with E-state index in [1.807, 2.05) is 0 Å². The zero-order valence-electron chi connectivity index (χ0n) is 15.1. The topological polar surface area (TPSA) is 88.0 Å². The van der Waals surface area contributed by atoms with Crippen molar-refractivity contribution < 1.29 is 55.6 Å².